The Bertz CT molecular complexity index is 1040. The number of rotatable bonds is 6. The number of alkyl halides is 3. The highest BCUT2D eigenvalue weighted by Crippen LogP contribution is 2.30. The van der Waals surface area contributed by atoms with Gasteiger partial charge in [0.15, 0.2) is 0 Å². The van der Waals surface area contributed by atoms with Crippen molar-refractivity contribution in [2.24, 2.45) is 11.7 Å². The molecule has 35 heavy (non-hydrogen) atoms. The number of halogens is 3. The fourth-order valence-corrected chi connectivity index (χ4v) is 6.65. The number of nitrogens with zero attached hydrogens (tertiary/aromatic N) is 3. The molecule has 0 bridgehead atoms. The van der Waals surface area contributed by atoms with E-state index in [9.17, 15) is 31.2 Å². The number of amides is 2. The van der Waals surface area contributed by atoms with Crippen molar-refractivity contribution in [3.63, 3.8) is 0 Å². The van der Waals surface area contributed by atoms with Gasteiger partial charge in [0.05, 0.1) is 11.5 Å². The van der Waals surface area contributed by atoms with Crippen LogP contribution in [0.1, 0.15) is 36.8 Å². The monoisotopic (exact) mass is 517 g/mol. The number of nitrogens with two attached hydrogens (primary N) is 1. The summed E-state index contributed by atoms with van der Waals surface area (Å²) < 4.78 is 66.5. The molecule has 9 nitrogen and oxygen atoms in total. The minimum absolute atomic E-state index is 0.0446. The Labute approximate surface area is 202 Å². The maximum absolute atomic E-state index is 13.3. The largest absolute Gasteiger partial charge is 0.416 e. The molecule has 0 spiro atoms. The van der Waals surface area contributed by atoms with E-state index in [4.69, 9.17) is 5.73 Å². The van der Waals surface area contributed by atoms with Crippen LogP contribution in [-0.4, -0.2) is 78.5 Å². The molecule has 3 N–H and O–H groups in total. The van der Waals surface area contributed by atoms with E-state index < -0.39 is 33.9 Å². The average molecular weight is 518 g/mol. The molecule has 1 aromatic rings. The minimum atomic E-state index is -4.43. The van der Waals surface area contributed by atoms with Crippen LogP contribution in [0, 0.1) is 5.92 Å². The second kappa shape index (κ2) is 10.0. The van der Waals surface area contributed by atoms with Crippen molar-refractivity contribution in [1.29, 1.82) is 0 Å². The summed E-state index contributed by atoms with van der Waals surface area (Å²) in [7, 11) is -3.66. The molecule has 0 aromatic heterocycles. The van der Waals surface area contributed by atoms with Crippen molar-refractivity contribution in [2.45, 2.75) is 50.5 Å². The van der Waals surface area contributed by atoms with E-state index in [1.807, 2.05) is 0 Å². The molecule has 0 unspecified atom stereocenters. The zero-order valence-electron chi connectivity index (χ0n) is 19.2. The summed E-state index contributed by atoms with van der Waals surface area (Å²) >= 11 is 0. The first-order valence-electron chi connectivity index (χ1n) is 11.7. The molecule has 3 heterocycles. The number of nitrogens with one attached hydrogen (secondary N) is 1. The Kier molecular flexibility index (Phi) is 7.41. The number of benzene rings is 1. The molecule has 194 valence electrons. The number of carbonyl (C=O) groups excluding carboxylic acids is 2. The quantitative estimate of drug-likeness (QED) is 0.582. The van der Waals surface area contributed by atoms with Gasteiger partial charge in [0.25, 0.3) is 10.2 Å². The number of hydrogen-bond donors (Lipinski definition) is 2. The normalized spacial score (nSPS) is 24.9. The van der Waals surface area contributed by atoms with Crippen LogP contribution in [0.4, 0.5) is 13.2 Å². The molecule has 0 radical (unpaired) electrons. The number of likely N-dealkylation sites (tertiary alicyclic amines) is 1. The highest BCUT2D eigenvalue weighted by atomic mass is 32.2. The van der Waals surface area contributed by atoms with Gasteiger partial charge in [-0.05, 0) is 43.4 Å². The van der Waals surface area contributed by atoms with Gasteiger partial charge in [-0.15, -0.1) is 0 Å². The Morgan fingerprint density at radius 3 is 2.29 bits per heavy atom. The van der Waals surface area contributed by atoms with Crippen LogP contribution in [0.3, 0.4) is 0 Å². The molecule has 0 saturated carbocycles. The third-order valence-corrected chi connectivity index (χ3v) is 8.78. The second-order valence-electron chi connectivity index (χ2n) is 9.38. The fourth-order valence-electron chi connectivity index (χ4n) is 4.83. The van der Waals surface area contributed by atoms with Crippen LogP contribution >= 0.6 is 0 Å². The van der Waals surface area contributed by atoms with Gasteiger partial charge in [0.2, 0.25) is 11.8 Å². The summed E-state index contributed by atoms with van der Waals surface area (Å²) in [6.45, 7) is 1.40. The van der Waals surface area contributed by atoms with Gasteiger partial charge < -0.3 is 16.0 Å². The maximum atomic E-state index is 13.3. The molecule has 2 amide bonds. The molecule has 3 aliphatic rings. The molecule has 3 aliphatic heterocycles. The van der Waals surface area contributed by atoms with Gasteiger partial charge in [-0.25, -0.2) is 0 Å². The molecule has 13 heteroatoms. The molecular formula is C22H30F3N5O4S. The Balaban J connectivity index is 1.34. The SMILES string of the molecule is NC1CN(S(=O)(=O)N2CCC[C@H](C(=O)N3CCC[C@@H]3C(=O)NCc3ccc(C(F)(F)F)cc3)C2)C1. The predicted molar refractivity (Wildman–Crippen MR) is 121 cm³/mol. The highest BCUT2D eigenvalue weighted by molar-refractivity contribution is 7.86. The second-order valence-corrected chi connectivity index (χ2v) is 11.3. The lowest BCUT2D eigenvalue weighted by atomic mass is 9.97. The van der Waals surface area contributed by atoms with Gasteiger partial charge in [-0.3, -0.25) is 9.59 Å². The van der Waals surface area contributed by atoms with E-state index in [1.54, 1.807) is 0 Å². The van der Waals surface area contributed by atoms with Crippen LogP contribution in [0.15, 0.2) is 24.3 Å². The lowest BCUT2D eigenvalue weighted by Crippen LogP contribution is -2.62. The third kappa shape index (κ3) is 5.63. The zero-order chi connectivity index (χ0) is 25.4. The van der Waals surface area contributed by atoms with Crippen molar-refractivity contribution in [3.05, 3.63) is 35.4 Å². The van der Waals surface area contributed by atoms with Gasteiger partial charge in [0.1, 0.15) is 6.04 Å². The van der Waals surface area contributed by atoms with Crippen LogP contribution in [0.25, 0.3) is 0 Å². The summed E-state index contributed by atoms with van der Waals surface area (Å²) in [6.07, 6.45) is -2.22. The smallest absolute Gasteiger partial charge is 0.350 e. The summed E-state index contributed by atoms with van der Waals surface area (Å²) in [5.41, 5.74) is 5.47. The van der Waals surface area contributed by atoms with E-state index in [-0.39, 0.29) is 44.0 Å². The van der Waals surface area contributed by atoms with Crippen LogP contribution < -0.4 is 11.1 Å². The first-order chi connectivity index (χ1) is 16.5. The number of hydrogen-bond acceptors (Lipinski definition) is 5. The molecule has 3 fully saturated rings. The van der Waals surface area contributed by atoms with Crippen molar-refractivity contribution in [1.82, 2.24) is 18.8 Å². The standard InChI is InChI=1S/C22H30F3N5O4S/c23-22(24,25)17-7-5-15(6-8-17)11-27-20(31)19-4-2-10-30(19)21(32)16-3-1-9-28(12-16)35(33,34)29-13-18(26)14-29/h5-8,16,18-19H,1-4,9-14,26H2,(H,27,31)/t16-,19+/m0/s1. The number of carbonyl (C=O) groups is 2. The summed E-state index contributed by atoms with van der Waals surface area (Å²) in [6, 6.07) is 3.69. The average Bonchev–Trinajstić information content (AvgIpc) is 3.30. The van der Waals surface area contributed by atoms with Crippen molar-refractivity contribution < 1.29 is 31.2 Å². The van der Waals surface area contributed by atoms with Gasteiger partial charge in [-0.2, -0.15) is 30.2 Å². The Hall–Kier alpha value is -2.22. The van der Waals surface area contributed by atoms with E-state index in [1.165, 1.54) is 25.6 Å². The fraction of sp³-hybridized carbons (Fsp3) is 0.636. The summed E-state index contributed by atoms with van der Waals surface area (Å²) in [4.78, 5) is 27.6. The first kappa shape index (κ1) is 25.9. The minimum Gasteiger partial charge on any atom is -0.350 e. The van der Waals surface area contributed by atoms with Crippen molar-refractivity contribution in [2.75, 3.05) is 32.7 Å². The lowest BCUT2D eigenvalue weighted by molar-refractivity contribution is -0.142. The third-order valence-electron chi connectivity index (χ3n) is 6.85. The summed E-state index contributed by atoms with van der Waals surface area (Å²) in [5.74, 6) is -1.14. The maximum Gasteiger partial charge on any atom is 0.416 e. The topological polar surface area (TPSA) is 116 Å². The molecule has 1 aromatic carbocycles. The Morgan fingerprint density at radius 1 is 1.00 bits per heavy atom. The van der Waals surface area contributed by atoms with E-state index in [0.29, 0.717) is 44.3 Å². The van der Waals surface area contributed by atoms with E-state index in [2.05, 4.69) is 5.32 Å². The molecular weight excluding hydrogens is 487 g/mol. The van der Waals surface area contributed by atoms with Crippen molar-refractivity contribution in [3.8, 4) is 0 Å². The van der Waals surface area contributed by atoms with E-state index >= 15 is 0 Å². The van der Waals surface area contributed by atoms with Gasteiger partial charge in [0, 0.05) is 45.3 Å². The zero-order valence-corrected chi connectivity index (χ0v) is 20.0. The van der Waals surface area contributed by atoms with Gasteiger partial charge >= 0.3 is 6.18 Å². The highest BCUT2D eigenvalue weighted by Gasteiger charge is 2.43. The van der Waals surface area contributed by atoms with Crippen LogP contribution in [0.5, 0.6) is 0 Å². The van der Waals surface area contributed by atoms with E-state index in [0.717, 1.165) is 12.1 Å². The van der Waals surface area contributed by atoms with Gasteiger partial charge in [-0.1, -0.05) is 12.1 Å². The predicted octanol–water partition coefficient (Wildman–Crippen LogP) is 0.912. The van der Waals surface area contributed by atoms with Crippen LogP contribution in [-0.2, 0) is 32.5 Å². The molecule has 4 rings (SSSR count). The molecule has 3 saturated heterocycles. The molecule has 2 atom stereocenters. The molecule has 0 aliphatic carbocycles. The Morgan fingerprint density at radius 2 is 1.66 bits per heavy atom. The summed E-state index contributed by atoms with van der Waals surface area (Å²) in [5, 5.41) is 2.72. The van der Waals surface area contributed by atoms with Crippen molar-refractivity contribution >= 4 is 22.0 Å². The number of piperidine rings is 1. The van der Waals surface area contributed by atoms with Crippen LogP contribution in [0.2, 0.25) is 0 Å². The lowest BCUT2D eigenvalue weighted by Gasteiger charge is -2.41. The first-order valence-corrected chi connectivity index (χ1v) is 13.1.